The molecule has 0 unspecified atom stereocenters. The van der Waals surface area contributed by atoms with Crippen molar-refractivity contribution in [1.82, 2.24) is 29.4 Å². The molecule has 20 heteroatoms. The van der Waals surface area contributed by atoms with Crippen LogP contribution < -0.4 is 11.1 Å². The number of unbranched alkanes of at least 4 members (excludes halogenated alkanes) is 1. The number of halogens is 7. The first-order valence-corrected chi connectivity index (χ1v) is 19.9. The van der Waals surface area contributed by atoms with Crippen LogP contribution in [-0.2, 0) is 66.0 Å². The maximum atomic E-state index is 13.0. The number of carbonyl (C=O) groups is 3. The maximum absolute atomic E-state index is 13.0. The Balaban J connectivity index is 0.000000230. The third-order valence-corrected chi connectivity index (χ3v) is 9.83. The number of fused-ring (bicyclic) bond motifs is 2. The first kappa shape index (κ1) is 44.8. The molecule has 0 saturated carbocycles. The molecule has 2 aromatic carbocycles. The van der Waals surface area contributed by atoms with Gasteiger partial charge in [-0.2, -0.15) is 36.5 Å². The summed E-state index contributed by atoms with van der Waals surface area (Å²) in [5.41, 5.74) is 7.17. The van der Waals surface area contributed by atoms with Crippen LogP contribution in [0.25, 0.3) is 0 Å². The number of hydrogen-bond donors (Lipinski definition) is 2. The highest BCUT2D eigenvalue weighted by Gasteiger charge is 2.32. The third-order valence-electron chi connectivity index (χ3n) is 9.27. The molecule has 0 atom stereocenters. The number of carbonyl (C=O) groups excluding carboxylic acids is 3. The van der Waals surface area contributed by atoms with Crippen LogP contribution in [0.2, 0.25) is 0 Å². The van der Waals surface area contributed by atoms with Crippen molar-refractivity contribution in [3.8, 4) is 0 Å². The molecular formula is C39H45BrF6N8O5. The standard InChI is InChI=1S/C22H26BrF3N4O3.C17H19F3N4O2/c1-15-9-16(11-17(10-15)22(24,25)26)14-33-21(32)29-7-4-8-30-18(13-29)12-19(28-30)27-20(31)5-2-3-6-23;1-11-5-12(7-13(6-11)17(18,19)20)10-26-16(25)23-3-2-4-24-14(9-23)8-15(21)22-24/h9-12H,2-8,13-14H2,1H3,(H,27,28,31);5-8H,2-4,9-10H2,1H3,(H2,21,22). The molecule has 0 fully saturated rings. The van der Waals surface area contributed by atoms with E-state index in [1.54, 1.807) is 47.5 Å². The molecule has 320 valence electrons. The van der Waals surface area contributed by atoms with Gasteiger partial charge in [-0.25, -0.2) is 9.59 Å². The van der Waals surface area contributed by atoms with E-state index >= 15 is 0 Å². The highest BCUT2D eigenvalue weighted by atomic mass is 79.9. The SMILES string of the molecule is Cc1cc(COC(=O)N2CCCn3nc(N)cc3C2)cc(C(F)(F)F)c1.Cc1cc(COC(=O)N2CCCn3nc(NC(=O)CCCCBr)cc3C2)cc(C(F)(F)F)c1. The van der Waals surface area contributed by atoms with Gasteiger partial charge in [0.25, 0.3) is 0 Å². The minimum atomic E-state index is -4.46. The highest BCUT2D eigenvalue weighted by Crippen LogP contribution is 2.32. The molecule has 2 aliphatic heterocycles. The molecule has 3 amide bonds. The summed E-state index contributed by atoms with van der Waals surface area (Å²) in [6.45, 7) is 5.31. The van der Waals surface area contributed by atoms with E-state index in [0.717, 1.165) is 53.8 Å². The highest BCUT2D eigenvalue weighted by molar-refractivity contribution is 9.09. The number of nitrogen functional groups attached to an aromatic ring is 1. The monoisotopic (exact) mass is 898 g/mol. The average Bonchev–Trinajstić information content (AvgIpc) is 3.55. The van der Waals surface area contributed by atoms with Crippen molar-refractivity contribution < 1.29 is 50.2 Å². The van der Waals surface area contributed by atoms with Crippen molar-refractivity contribution in [2.45, 2.75) is 97.7 Å². The van der Waals surface area contributed by atoms with Crippen molar-refractivity contribution >= 4 is 45.7 Å². The predicted molar refractivity (Wildman–Crippen MR) is 208 cm³/mol. The fourth-order valence-electron chi connectivity index (χ4n) is 6.60. The number of hydrogen-bond acceptors (Lipinski definition) is 8. The van der Waals surface area contributed by atoms with Crippen LogP contribution in [0.15, 0.2) is 48.5 Å². The predicted octanol–water partition coefficient (Wildman–Crippen LogP) is 8.59. The number of nitrogens with zero attached hydrogens (tertiary/aromatic N) is 6. The van der Waals surface area contributed by atoms with Crippen LogP contribution in [0.3, 0.4) is 0 Å². The Bertz CT molecular complexity index is 2100. The largest absolute Gasteiger partial charge is 0.445 e. The summed E-state index contributed by atoms with van der Waals surface area (Å²) in [4.78, 5) is 40.0. The minimum Gasteiger partial charge on any atom is -0.445 e. The van der Waals surface area contributed by atoms with Gasteiger partial charge in [0.1, 0.15) is 19.0 Å². The number of anilines is 2. The molecule has 59 heavy (non-hydrogen) atoms. The lowest BCUT2D eigenvalue weighted by atomic mass is 10.1. The Kier molecular flexibility index (Phi) is 14.9. The molecule has 0 saturated heterocycles. The minimum absolute atomic E-state index is 0.114. The van der Waals surface area contributed by atoms with Crippen molar-refractivity contribution in [2.75, 3.05) is 29.5 Å². The summed E-state index contributed by atoms with van der Waals surface area (Å²) in [6, 6.07) is 10.7. The Labute approximate surface area is 344 Å². The zero-order valence-corrected chi connectivity index (χ0v) is 34.1. The van der Waals surface area contributed by atoms with Gasteiger partial charge in [0, 0.05) is 50.1 Å². The number of ether oxygens (including phenoxy) is 2. The summed E-state index contributed by atoms with van der Waals surface area (Å²) in [7, 11) is 0. The van der Waals surface area contributed by atoms with Crippen molar-refractivity contribution in [1.29, 1.82) is 0 Å². The van der Waals surface area contributed by atoms with E-state index in [4.69, 9.17) is 15.2 Å². The molecular weight excluding hydrogens is 854 g/mol. The zero-order valence-electron chi connectivity index (χ0n) is 32.5. The van der Waals surface area contributed by atoms with E-state index in [2.05, 4.69) is 31.4 Å². The number of aryl methyl sites for hydroxylation is 4. The Hall–Kier alpha value is -5.27. The van der Waals surface area contributed by atoms with E-state index in [9.17, 15) is 40.7 Å². The lowest BCUT2D eigenvalue weighted by molar-refractivity contribution is -0.138. The molecule has 4 aromatic rings. The summed E-state index contributed by atoms with van der Waals surface area (Å²) in [6.07, 6.45) is -6.69. The quantitative estimate of drug-likeness (QED) is 0.0964. The van der Waals surface area contributed by atoms with E-state index in [1.165, 1.54) is 9.80 Å². The lowest BCUT2D eigenvalue weighted by Crippen LogP contribution is -2.31. The number of rotatable bonds is 9. The van der Waals surface area contributed by atoms with Gasteiger partial charge < -0.3 is 30.3 Å². The number of nitrogens with two attached hydrogens (primary N) is 1. The lowest BCUT2D eigenvalue weighted by Gasteiger charge is -2.20. The van der Waals surface area contributed by atoms with Gasteiger partial charge in [-0.05, 0) is 74.9 Å². The van der Waals surface area contributed by atoms with E-state index < -0.39 is 35.7 Å². The first-order chi connectivity index (χ1) is 27.9. The third kappa shape index (κ3) is 13.1. The summed E-state index contributed by atoms with van der Waals surface area (Å²) < 4.78 is 91.8. The van der Waals surface area contributed by atoms with Gasteiger partial charge in [-0.1, -0.05) is 39.2 Å². The van der Waals surface area contributed by atoms with Gasteiger partial charge in [-0.3, -0.25) is 14.2 Å². The molecule has 0 aliphatic carbocycles. The fraction of sp³-hybridized carbons (Fsp3) is 0.462. The Morgan fingerprint density at radius 1 is 0.712 bits per heavy atom. The molecule has 0 spiro atoms. The van der Waals surface area contributed by atoms with E-state index in [1.807, 2.05) is 0 Å². The molecule has 6 rings (SSSR count). The molecule has 0 bridgehead atoms. The van der Waals surface area contributed by atoms with Crippen LogP contribution in [0.4, 0.5) is 47.6 Å². The first-order valence-electron chi connectivity index (χ1n) is 18.8. The fourth-order valence-corrected chi connectivity index (χ4v) is 6.99. The number of benzene rings is 2. The van der Waals surface area contributed by atoms with Gasteiger partial charge in [0.15, 0.2) is 5.82 Å². The molecule has 4 heterocycles. The number of alkyl halides is 7. The normalized spacial score (nSPS) is 14.3. The average molecular weight is 900 g/mol. The van der Waals surface area contributed by atoms with Crippen LogP contribution in [-0.4, -0.2) is 65.9 Å². The second kappa shape index (κ2) is 19.7. The van der Waals surface area contributed by atoms with Gasteiger partial charge in [-0.15, -0.1) is 0 Å². The molecule has 13 nitrogen and oxygen atoms in total. The number of aromatic nitrogens is 4. The van der Waals surface area contributed by atoms with Crippen LogP contribution in [0.5, 0.6) is 0 Å². The van der Waals surface area contributed by atoms with Crippen LogP contribution >= 0.6 is 15.9 Å². The zero-order chi connectivity index (χ0) is 42.9. The van der Waals surface area contributed by atoms with Gasteiger partial charge >= 0.3 is 24.5 Å². The second-order valence-electron chi connectivity index (χ2n) is 14.3. The Morgan fingerprint density at radius 2 is 1.20 bits per heavy atom. The maximum Gasteiger partial charge on any atom is 0.416 e. The topological polar surface area (TPSA) is 150 Å². The summed E-state index contributed by atoms with van der Waals surface area (Å²) in [5.74, 6) is 0.704. The number of nitrogens with one attached hydrogen (secondary N) is 1. The van der Waals surface area contributed by atoms with Gasteiger partial charge in [0.05, 0.1) is 35.6 Å². The molecule has 3 N–H and O–H groups in total. The molecule has 2 aromatic heterocycles. The van der Waals surface area contributed by atoms with Crippen molar-refractivity contribution in [3.05, 3.63) is 93.3 Å². The smallest absolute Gasteiger partial charge is 0.416 e. The van der Waals surface area contributed by atoms with E-state index in [-0.39, 0.29) is 31.2 Å². The molecule has 2 aliphatic rings. The second-order valence-corrected chi connectivity index (χ2v) is 15.1. The Morgan fingerprint density at radius 3 is 1.69 bits per heavy atom. The number of amides is 3. The van der Waals surface area contributed by atoms with Crippen LogP contribution in [0, 0.1) is 13.8 Å². The summed E-state index contributed by atoms with van der Waals surface area (Å²) >= 11 is 3.33. The van der Waals surface area contributed by atoms with Gasteiger partial charge in [0.2, 0.25) is 5.91 Å². The van der Waals surface area contributed by atoms with Crippen molar-refractivity contribution in [2.24, 2.45) is 0 Å². The molecule has 0 radical (unpaired) electrons. The van der Waals surface area contributed by atoms with E-state index in [0.29, 0.717) is 80.3 Å². The summed E-state index contributed by atoms with van der Waals surface area (Å²) in [5, 5.41) is 12.2. The van der Waals surface area contributed by atoms with Crippen LogP contribution in [0.1, 0.15) is 76.9 Å². The van der Waals surface area contributed by atoms with Crippen molar-refractivity contribution in [3.63, 3.8) is 0 Å².